The summed E-state index contributed by atoms with van der Waals surface area (Å²) < 4.78 is 5.07. The number of aromatic amines is 1. The highest BCUT2D eigenvalue weighted by Gasteiger charge is 2.25. The van der Waals surface area contributed by atoms with Crippen LogP contribution < -0.4 is 10.6 Å². The SMILES string of the molecule is O=C1Nc2ccc(NC(=O)c3ccco3)cc2/C1=C/c1ncc[nH]1. The van der Waals surface area contributed by atoms with Crippen molar-refractivity contribution in [1.82, 2.24) is 9.97 Å². The molecule has 0 radical (unpaired) electrons. The summed E-state index contributed by atoms with van der Waals surface area (Å²) in [6.07, 6.45) is 6.39. The van der Waals surface area contributed by atoms with Crippen LogP contribution in [0.4, 0.5) is 11.4 Å². The first-order valence-electron chi connectivity index (χ1n) is 7.22. The Hall–Kier alpha value is -3.61. The van der Waals surface area contributed by atoms with Crippen molar-refractivity contribution in [3.8, 4) is 0 Å². The van der Waals surface area contributed by atoms with Gasteiger partial charge in [-0.05, 0) is 36.4 Å². The van der Waals surface area contributed by atoms with Gasteiger partial charge in [0.05, 0.1) is 11.8 Å². The molecule has 24 heavy (non-hydrogen) atoms. The number of furan rings is 1. The number of imidazole rings is 1. The molecule has 0 bridgehead atoms. The molecule has 0 spiro atoms. The van der Waals surface area contributed by atoms with E-state index in [1.54, 1.807) is 48.8 Å². The summed E-state index contributed by atoms with van der Waals surface area (Å²) in [5.74, 6) is 0.235. The van der Waals surface area contributed by atoms with Crippen molar-refractivity contribution < 1.29 is 14.0 Å². The Bertz CT molecular complexity index is 940. The van der Waals surface area contributed by atoms with Crippen LogP contribution in [0.5, 0.6) is 0 Å². The number of amides is 2. The van der Waals surface area contributed by atoms with Gasteiger partial charge in [0.2, 0.25) is 0 Å². The predicted molar refractivity (Wildman–Crippen MR) is 88.2 cm³/mol. The number of carbonyl (C=O) groups is 2. The fourth-order valence-electron chi connectivity index (χ4n) is 2.50. The minimum absolute atomic E-state index is 0.212. The second-order valence-corrected chi connectivity index (χ2v) is 5.18. The van der Waals surface area contributed by atoms with E-state index in [9.17, 15) is 9.59 Å². The lowest BCUT2D eigenvalue weighted by Crippen LogP contribution is -2.10. The van der Waals surface area contributed by atoms with Crippen molar-refractivity contribution in [2.45, 2.75) is 0 Å². The summed E-state index contributed by atoms with van der Waals surface area (Å²) in [5.41, 5.74) is 2.44. The Morgan fingerprint density at radius 3 is 2.96 bits per heavy atom. The monoisotopic (exact) mass is 320 g/mol. The quantitative estimate of drug-likeness (QED) is 0.646. The first-order chi connectivity index (χ1) is 11.7. The van der Waals surface area contributed by atoms with Crippen molar-refractivity contribution in [2.75, 3.05) is 10.6 Å². The molecule has 1 aliphatic heterocycles. The lowest BCUT2D eigenvalue weighted by atomic mass is 10.1. The molecule has 2 aromatic heterocycles. The molecule has 4 rings (SSSR count). The summed E-state index contributed by atoms with van der Waals surface area (Å²) >= 11 is 0. The van der Waals surface area contributed by atoms with Gasteiger partial charge in [0.25, 0.3) is 11.8 Å². The Kier molecular flexibility index (Phi) is 3.24. The Morgan fingerprint density at radius 2 is 2.21 bits per heavy atom. The second-order valence-electron chi connectivity index (χ2n) is 5.18. The molecule has 0 saturated carbocycles. The average Bonchev–Trinajstić information content (AvgIpc) is 3.31. The summed E-state index contributed by atoms with van der Waals surface area (Å²) in [5, 5.41) is 5.53. The van der Waals surface area contributed by atoms with Gasteiger partial charge in [0.15, 0.2) is 5.76 Å². The van der Waals surface area contributed by atoms with Crippen molar-refractivity contribution in [3.63, 3.8) is 0 Å². The normalized spacial score (nSPS) is 14.5. The van der Waals surface area contributed by atoms with Crippen molar-refractivity contribution >= 4 is 34.8 Å². The van der Waals surface area contributed by atoms with E-state index in [1.807, 2.05) is 0 Å². The fourth-order valence-corrected chi connectivity index (χ4v) is 2.50. The van der Waals surface area contributed by atoms with E-state index in [0.29, 0.717) is 28.3 Å². The number of aromatic nitrogens is 2. The Morgan fingerprint density at radius 1 is 1.29 bits per heavy atom. The molecule has 7 nitrogen and oxygen atoms in total. The molecular formula is C17H12N4O3. The van der Waals surface area contributed by atoms with E-state index in [2.05, 4.69) is 20.6 Å². The van der Waals surface area contributed by atoms with Gasteiger partial charge in [0.1, 0.15) is 5.82 Å². The highest BCUT2D eigenvalue weighted by atomic mass is 16.3. The molecule has 0 atom stereocenters. The van der Waals surface area contributed by atoms with Crippen LogP contribution in [0.1, 0.15) is 21.9 Å². The fraction of sp³-hybridized carbons (Fsp3) is 0. The van der Waals surface area contributed by atoms with Crippen molar-refractivity contribution in [3.05, 3.63) is 66.1 Å². The number of hydrogen-bond acceptors (Lipinski definition) is 4. The van der Waals surface area contributed by atoms with E-state index >= 15 is 0 Å². The van der Waals surface area contributed by atoms with Crippen LogP contribution in [-0.4, -0.2) is 21.8 Å². The number of nitrogens with one attached hydrogen (secondary N) is 3. The number of hydrogen-bond donors (Lipinski definition) is 3. The molecule has 3 N–H and O–H groups in total. The minimum Gasteiger partial charge on any atom is -0.459 e. The zero-order chi connectivity index (χ0) is 16.5. The van der Waals surface area contributed by atoms with Gasteiger partial charge >= 0.3 is 0 Å². The third kappa shape index (κ3) is 2.48. The van der Waals surface area contributed by atoms with Gasteiger partial charge in [-0.15, -0.1) is 0 Å². The van der Waals surface area contributed by atoms with Crippen LogP contribution >= 0.6 is 0 Å². The molecule has 0 saturated heterocycles. The van der Waals surface area contributed by atoms with Crippen LogP contribution in [0, 0.1) is 0 Å². The van der Waals surface area contributed by atoms with E-state index in [4.69, 9.17) is 4.42 Å². The number of benzene rings is 1. The highest BCUT2D eigenvalue weighted by Crippen LogP contribution is 2.34. The van der Waals surface area contributed by atoms with Gasteiger partial charge in [-0.25, -0.2) is 4.98 Å². The van der Waals surface area contributed by atoms with E-state index in [0.717, 1.165) is 0 Å². The minimum atomic E-state index is -0.353. The first kappa shape index (κ1) is 14.0. The molecule has 2 amide bonds. The lowest BCUT2D eigenvalue weighted by Gasteiger charge is -2.05. The highest BCUT2D eigenvalue weighted by molar-refractivity contribution is 6.35. The maximum absolute atomic E-state index is 12.2. The second kappa shape index (κ2) is 5.54. The summed E-state index contributed by atoms with van der Waals surface area (Å²) in [6.45, 7) is 0. The number of rotatable bonds is 3. The van der Waals surface area contributed by atoms with Crippen LogP contribution in [-0.2, 0) is 4.79 Å². The molecule has 3 heterocycles. The molecule has 0 unspecified atom stereocenters. The Labute approximate surface area is 136 Å². The Balaban J connectivity index is 1.66. The molecular weight excluding hydrogens is 308 g/mol. The zero-order valence-corrected chi connectivity index (χ0v) is 12.4. The van der Waals surface area contributed by atoms with Gasteiger partial charge in [-0.3, -0.25) is 9.59 Å². The number of carbonyl (C=O) groups excluding carboxylic acids is 2. The third-order valence-electron chi connectivity index (χ3n) is 3.61. The predicted octanol–water partition coefficient (Wildman–Crippen LogP) is 2.75. The number of fused-ring (bicyclic) bond motifs is 1. The van der Waals surface area contributed by atoms with Crippen LogP contribution in [0.15, 0.2) is 53.4 Å². The smallest absolute Gasteiger partial charge is 0.291 e. The summed E-state index contributed by atoms with van der Waals surface area (Å²) in [4.78, 5) is 31.2. The zero-order valence-electron chi connectivity index (χ0n) is 12.4. The van der Waals surface area contributed by atoms with Gasteiger partial charge in [0, 0.05) is 29.3 Å². The first-order valence-corrected chi connectivity index (χ1v) is 7.22. The van der Waals surface area contributed by atoms with Crippen molar-refractivity contribution in [2.24, 2.45) is 0 Å². The van der Waals surface area contributed by atoms with E-state index in [-0.39, 0.29) is 17.6 Å². The van der Waals surface area contributed by atoms with Crippen LogP contribution in [0.3, 0.4) is 0 Å². The lowest BCUT2D eigenvalue weighted by molar-refractivity contribution is -0.110. The maximum Gasteiger partial charge on any atom is 0.291 e. The maximum atomic E-state index is 12.2. The third-order valence-corrected chi connectivity index (χ3v) is 3.61. The molecule has 1 aliphatic rings. The van der Waals surface area contributed by atoms with Crippen LogP contribution in [0.25, 0.3) is 11.6 Å². The summed E-state index contributed by atoms with van der Waals surface area (Å²) in [6, 6.07) is 8.42. The topological polar surface area (TPSA) is 100 Å². The molecule has 0 fully saturated rings. The molecule has 0 aliphatic carbocycles. The molecule has 1 aromatic carbocycles. The van der Waals surface area contributed by atoms with E-state index < -0.39 is 0 Å². The number of nitrogens with zero attached hydrogens (tertiary/aromatic N) is 1. The van der Waals surface area contributed by atoms with Gasteiger partial charge in [-0.2, -0.15) is 0 Å². The number of H-pyrrole nitrogens is 1. The molecule has 118 valence electrons. The van der Waals surface area contributed by atoms with Gasteiger partial charge < -0.3 is 20.0 Å². The van der Waals surface area contributed by atoms with Crippen LogP contribution in [0.2, 0.25) is 0 Å². The van der Waals surface area contributed by atoms with E-state index in [1.165, 1.54) is 6.26 Å². The van der Waals surface area contributed by atoms with Gasteiger partial charge in [-0.1, -0.05) is 0 Å². The number of anilines is 2. The standard InChI is InChI=1S/C17H12N4O3/c22-16-12(9-15-18-5-6-19-15)11-8-10(3-4-13(11)21-16)20-17(23)14-2-1-7-24-14/h1-9H,(H,18,19)(H,20,23)(H,21,22)/b12-9-. The van der Waals surface area contributed by atoms with Crippen molar-refractivity contribution in [1.29, 1.82) is 0 Å². The molecule has 3 aromatic rings. The summed E-state index contributed by atoms with van der Waals surface area (Å²) in [7, 11) is 0. The molecule has 7 heteroatoms. The largest absolute Gasteiger partial charge is 0.459 e. The average molecular weight is 320 g/mol.